The molecule has 5 heteroatoms. The average Bonchev–Trinajstić information content (AvgIpc) is 2.15. The second kappa shape index (κ2) is 11.2. The summed E-state index contributed by atoms with van der Waals surface area (Å²) in [6.45, 7) is 3.64. The molecule has 1 N–H and O–H groups in total. The molecule has 0 atom stereocenters. The Labute approximate surface area is 88.8 Å². The number of hydrogen-bond donors (Lipinski definition) is 1. The number of alkyl halides is 2. The van der Waals surface area contributed by atoms with E-state index in [9.17, 15) is 8.78 Å². The summed E-state index contributed by atoms with van der Waals surface area (Å²) in [5, 5.41) is 3.13. The van der Waals surface area contributed by atoms with Crippen LogP contribution in [0.4, 0.5) is 8.78 Å². The van der Waals surface area contributed by atoms with Crippen LogP contribution in [0.1, 0.15) is 13.3 Å². The van der Waals surface area contributed by atoms with Crippen LogP contribution in [0.5, 0.6) is 0 Å². The van der Waals surface area contributed by atoms with Gasteiger partial charge in [-0.15, -0.1) is 0 Å². The number of nitrogens with one attached hydrogen (secondary N) is 1. The van der Waals surface area contributed by atoms with E-state index in [4.69, 9.17) is 4.74 Å². The van der Waals surface area contributed by atoms with E-state index in [1.165, 1.54) is 0 Å². The van der Waals surface area contributed by atoms with Gasteiger partial charge in [0.2, 0.25) is 0 Å². The van der Waals surface area contributed by atoms with Gasteiger partial charge in [-0.25, -0.2) is 8.78 Å². The number of ether oxygens (including phenoxy) is 1. The van der Waals surface area contributed by atoms with Gasteiger partial charge in [-0.1, -0.05) is 6.92 Å². The zero-order valence-corrected chi connectivity index (χ0v) is 9.42. The fourth-order valence-corrected chi connectivity index (χ4v) is 1.52. The van der Waals surface area contributed by atoms with E-state index in [1.54, 1.807) is 0 Å². The molecule has 0 radical (unpaired) electrons. The Morgan fingerprint density at radius 2 is 2.14 bits per heavy atom. The van der Waals surface area contributed by atoms with Gasteiger partial charge in [-0.3, -0.25) is 0 Å². The van der Waals surface area contributed by atoms with Gasteiger partial charge in [0.25, 0.3) is 6.43 Å². The van der Waals surface area contributed by atoms with Crippen molar-refractivity contribution in [2.24, 2.45) is 0 Å². The largest absolute Gasteiger partial charge is 0.374 e. The molecular weight excluding hydrogens is 208 g/mol. The Bertz CT molecular complexity index is 117. The number of rotatable bonds is 10. The van der Waals surface area contributed by atoms with Crippen molar-refractivity contribution in [3.05, 3.63) is 0 Å². The Morgan fingerprint density at radius 1 is 1.36 bits per heavy atom. The lowest BCUT2D eigenvalue weighted by Gasteiger charge is -2.05. The minimum Gasteiger partial charge on any atom is -0.374 e. The maximum absolute atomic E-state index is 11.6. The molecule has 0 aliphatic heterocycles. The van der Waals surface area contributed by atoms with Crippen molar-refractivity contribution < 1.29 is 13.5 Å². The van der Waals surface area contributed by atoms with E-state index in [0.29, 0.717) is 13.2 Å². The highest BCUT2D eigenvalue weighted by molar-refractivity contribution is 7.99. The van der Waals surface area contributed by atoms with Crippen LogP contribution in [0.25, 0.3) is 0 Å². The molecule has 0 aromatic carbocycles. The van der Waals surface area contributed by atoms with Gasteiger partial charge >= 0.3 is 0 Å². The third kappa shape index (κ3) is 12.1. The van der Waals surface area contributed by atoms with Crippen molar-refractivity contribution in [3.8, 4) is 0 Å². The second-order valence-electron chi connectivity index (χ2n) is 2.77. The summed E-state index contributed by atoms with van der Waals surface area (Å²) in [6.07, 6.45) is -1.23. The first-order valence-electron chi connectivity index (χ1n) is 4.91. The van der Waals surface area contributed by atoms with Gasteiger partial charge in [-0.2, -0.15) is 11.8 Å². The Balaban J connectivity index is 2.85. The van der Waals surface area contributed by atoms with Crippen LogP contribution < -0.4 is 5.32 Å². The van der Waals surface area contributed by atoms with Crippen molar-refractivity contribution in [2.75, 3.05) is 37.8 Å². The molecule has 0 heterocycles. The lowest BCUT2D eigenvalue weighted by atomic mass is 10.5. The SMILES string of the molecule is CCSCCCNCCOCC(F)F. The number of thioether (sulfide) groups is 1. The van der Waals surface area contributed by atoms with Crippen molar-refractivity contribution in [1.82, 2.24) is 5.32 Å². The van der Waals surface area contributed by atoms with Gasteiger partial charge in [0.15, 0.2) is 0 Å². The van der Waals surface area contributed by atoms with Gasteiger partial charge in [0, 0.05) is 6.54 Å². The van der Waals surface area contributed by atoms with E-state index in [0.717, 1.165) is 24.5 Å². The molecule has 14 heavy (non-hydrogen) atoms. The van der Waals surface area contributed by atoms with Crippen LogP contribution in [0, 0.1) is 0 Å². The Hall–Kier alpha value is 0.130. The fourth-order valence-electron chi connectivity index (χ4n) is 0.885. The van der Waals surface area contributed by atoms with E-state index >= 15 is 0 Å². The number of halogens is 2. The van der Waals surface area contributed by atoms with Crippen LogP contribution in [0.15, 0.2) is 0 Å². The summed E-state index contributed by atoms with van der Waals surface area (Å²) in [4.78, 5) is 0. The second-order valence-corrected chi connectivity index (χ2v) is 4.16. The minimum atomic E-state index is -2.35. The normalized spacial score (nSPS) is 11.1. The zero-order chi connectivity index (χ0) is 10.6. The summed E-state index contributed by atoms with van der Waals surface area (Å²) >= 11 is 1.91. The molecule has 0 saturated heterocycles. The standard InChI is InChI=1S/C9H19F2NOS/c1-2-14-7-3-4-12-5-6-13-8-9(10)11/h9,12H,2-8H2,1H3. The molecule has 0 bridgehead atoms. The molecule has 0 fully saturated rings. The number of hydrogen-bond acceptors (Lipinski definition) is 3. The predicted molar refractivity (Wildman–Crippen MR) is 57.3 cm³/mol. The molecule has 2 nitrogen and oxygen atoms in total. The van der Waals surface area contributed by atoms with Crippen molar-refractivity contribution >= 4 is 11.8 Å². The third-order valence-electron chi connectivity index (χ3n) is 1.51. The topological polar surface area (TPSA) is 21.3 Å². The first-order chi connectivity index (χ1) is 6.77. The van der Waals surface area contributed by atoms with Crippen molar-refractivity contribution in [1.29, 1.82) is 0 Å². The molecule has 0 spiro atoms. The third-order valence-corrected chi connectivity index (χ3v) is 2.50. The van der Waals surface area contributed by atoms with Crippen LogP contribution in [-0.4, -0.2) is 44.2 Å². The first-order valence-corrected chi connectivity index (χ1v) is 6.07. The molecule has 0 aliphatic carbocycles. The average molecular weight is 227 g/mol. The molecule has 0 aromatic heterocycles. The lowest BCUT2D eigenvalue weighted by Crippen LogP contribution is -2.22. The molecule has 0 aliphatic rings. The zero-order valence-electron chi connectivity index (χ0n) is 8.60. The van der Waals surface area contributed by atoms with Crippen LogP contribution in [-0.2, 0) is 4.74 Å². The summed E-state index contributed by atoms with van der Waals surface area (Å²) in [5.41, 5.74) is 0. The van der Waals surface area contributed by atoms with Gasteiger partial charge in [0.1, 0.15) is 6.61 Å². The fraction of sp³-hybridized carbons (Fsp3) is 1.00. The summed E-state index contributed by atoms with van der Waals surface area (Å²) in [7, 11) is 0. The molecular formula is C9H19F2NOS. The molecule has 0 saturated carbocycles. The molecule has 0 rings (SSSR count). The van der Waals surface area contributed by atoms with E-state index in [1.807, 2.05) is 11.8 Å². The van der Waals surface area contributed by atoms with Crippen LogP contribution in [0.2, 0.25) is 0 Å². The molecule has 86 valence electrons. The smallest absolute Gasteiger partial charge is 0.261 e. The lowest BCUT2D eigenvalue weighted by molar-refractivity contribution is 0.0188. The summed E-state index contributed by atoms with van der Waals surface area (Å²) < 4.78 is 27.9. The maximum Gasteiger partial charge on any atom is 0.261 e. The van der Waals surface area contributed by atoms with Crippen LogP contribution in [0.3, 0.4) is 0 Å². The van der Waals surface area contributed by atoms with E-state index in [2.05, 4.69) is 12.2 Å². The monoisotopic (exact) mass is 227 g/mol. The predicted octanol–water partition coefficient (Wildman–Crippen LogP) is 2.00. The Kier molecular flexibility index (Phi) is 11.3. The summed E-state index contributed by atoms with van der Waals surface area (Å²) in [5.74, 6) is 2.30. The van der Waals surface area contributed by atoms with Crippen molar-refractivity contribution in [3.63, 3.8) is 0 Å². The van der Waals surface area contributed by atoms with Gasteiger partial charge in [0.05, 0.1) is 6.61 Å². The highest BCUT2D eigenvalue weighted by Gasteiger charge is 2.00. The quantitative estimate of drug-likeness (QED) is 0.577. The van der Waals surface area contributed by atoms with E-state index in [-0.39, 0.29) is 0 Å². The first kappa shape index (κ1) is 14.1. The minimum absolute atomic E-state index is 0.366. The van der Waals surface area contributed by atoms with Gasteiger partial charge < -0.3 is 10.1 Å². The molecule has 0 aromatic rings. The molecule has 0 amide bonds. The molecule has 0 unspecified atom stereocenters. The maximum atomic E-state index is 11.6. The van der Waals surface area contributed by atoms with Crippen molar-refractivity contribution in [2.45, 2.75) is 19.8 Å². The summed E-state index contributed by atoms with van der Waals surface area (Å²) in [6, 6.07) is 0. The highest BCUT2D eigenvalue weighted by atomic mass is 32.2. The highest BCUT2D eigenvalue weighted by Crippen LogP contribution is 1.99. The van der Waals surface area contributed by atoms with E-state index < -0.39 is 13.0 Å². The van der Waals surface area contributed by atoms with Crippen LogP contribution >= 0.6 is 11.8 Å². The Morgan fingerprint density at radius 3 is 2.79 bits per heavy atom. The van der Waals surface area contributed by atoms with Gasteiger partial charge in [-0.05, 0) is 24.5 Å².